The highest BCUT2D eigenvalue weighted by Crippen LogP contribution is 2.27. The summed E-state index contributed by atoms with van der Waals surface area (Å²) in [6, 6.07) is 17.2. The Hall–Kier alpha value is -3.18. The first-order valence-corrected chi connectivity index (χ1v) is 9.90. The van der Waals surface area contributed by atoms with Crippen LogP contribution in [0.3, 0.4) is 0 Å². The number of rotatable bonds is 5. The molecule has 1 amide bonds. The maximum atomic E-state index is 12.7. The molecule has 4 aromatic rings. The Labute approximate surface area is 174 Å². The maximum absolute atomic E-state index is 12.7. The molecule has 0 radical (unpaired) electrons. The summed E-state index contributed by atoms with van der Waals surface area (Å²) in [7, 11) is 0. The van der Waals surface area contributed by atoms with Crippen LogP contribution < -0.4 is 5.32 Å². The molecule has 146 valence electrons. The van der Waals surface area contributed by atoms with Gasteiger partial charge in [0.1, 0.15) is 11.3 Å². The van der Waals surface area contributed by atoms with Crippen molar-refractivity contribution < 1.29 is 4.79 Å². The average molecular weight is 405 g/mol. The molecule has 0 aliphatic heterocycles. The summed E-state index contributed by atoms with van der Waals surface area (Å²) in [5.74, 6) is 0.603. The number of nitrogens with one attached hydrogen (secondary N) is 1. The number of benzene rings is 2. The molecule has 29 heavy (non-hydrogen) atoms. The second-order valence-corrected chi connectivity index (χ2v) is 7.27. The Bertz CT molecular complexity index is 1180. The minimum Gasteiger partial charge on any atom is -0.348 e. The number of fused-ring (bicyclic) bond motifs is 1. The molecule has 2 aromatic carbocycles. The Balaban J connectivity index is 1.60. The molecule has 2 aromatic heterocycles. The minimum absolute atomic E-state index is 0.155. The average Bonchev–Trinajstić information content (AvgIpc) is 3.08. The first-order chi connectivity index (χ1) is 14.1. The van der Waals surface area contributed by atoms with E-state index in [0.29, 0.717) is 28.5 Å². The van der Waals surface area contributed by atoms with E-state index in [1.165, 1.54) is 5.56 Å². The van der Waals surface area contributed by atoms with Crippen LogP contribution in [0.2, 0.25) is 5.02 Å². The number of hydrogen-bond donors (Lipinski definition) is 1. The molecule has 0 bridgehead atoms. The summed E-state index contributed by atoms with van der Waals surface area (Å²) < 4.78 is 1.87. The Morgan fingerprint density at radius 1 is 1.10 bits per heavy atom. The number of amides is 1. The second kappa shape index (κ2) is 8.05. The molecule has 2 heterocycles. The van der Waals surface area contributed by atoms with Gasteiger partial charge in [0, 0.05) is 18.3 Å². The normalized spacial score (nSPS) is 11.0. The maximum Gasteiger partial charge on any atom is 0.251 e. The number of pyridine rings is 1. The van der Waals surface area contributed by atoms with Gasteiger partial charge in [-0.05, 0) is 54.8 Å². The summed E-state index contributed by atoms with van der Waals surface area (Å²) >= 11 is 6.46. The SMILES string of the molecule is CCc1ccc(CNC(=O)c2ccc(Cl)c(-n3c(C)nc4cccnc43)c2)cc1. The molecule has 0 fully saturated rings. The van der Waals surface area contributed by atoms with Gasteiger partial charge in [0.25, 0.3) is 5.91 Å². The Kier molecular flexibility index (Phi) is 5.32. The number of nitrogens with zero attached hydrogens (tertiary/aromatic N) is 3. The fourth-order valence-electron chi connectivity index (χ4n) is 3.32. The third kappa shape index (κ3) is 3.87. The van der Waals surface area contributed by atoms with E-state index >= 15 is 0 Å². The van der Waals surface area contributed by atoms with Gasteiger partial charge in [-0.3, -0.25) is 9.36 Å². The fraction of sp³-hybridized carbons (Fsp3) is 0.174. The second-order valence-electron chi connectivity index (χ2n) is 6.86. The van der Waals surface area contributed by atoms with Crippen LogP contribution >= 0.6 is 11.6 Å². The van der Waals surface area contributed by atoms with Crippen molar-refractivity contribution in [2.75, 3.05) is 0 Å². The fourth-order valence-corrected chi connectivity index (χ4v) is 3.52. The molecule has 0 saturated heterocycles. The van der Waals surface area contributed by atoms with Crippen LogP contribution in [-0.2, 0) is 13.0 Å². The molecule has 4 rings (SSSR count). The zero-order valence-corrected chi connectivity index (χ0v) is 17.1. The monoisotopic (exact) mass is 404 g/mol. The van der Waals surface area contributed by atoms with E-state index in [1.54, 1.807) is 24.4 Å². The van der Waals surface area contributed by atoms with Crippen molar-refractivity contribution in [1.82, 2.24) is 19.9 Å². The van der Waals surface area contributed by atoms with E-state index in [4.69, 9.17) is 11.6 Å². The highest BCUT2D eigenvalue weighted by molar-refractivity contribution is 6.32. The number of hydrogen-bond acceptors (Lipinski definition) is 3. The smallest absolute Gasteiger partial charge is 0.251 e. The summed E-state index contributed by atoms with van der Waals surface area (Å²) in [5, 5.41) is 3.51. The van der Waals surface area contributed by atoms with Crippen molar-refractivity contribution in [1.29, 1.82) is 0 Å². The van der Waals surface area contributed by atoms with E-state index < -0.39 is 0 Å². The zero-order chi connectivity index (χ0) is 20.4. The molecule has 0 aliphatic carbocycles. The third-order valence-electron chi connectivity index (χ3n) is 4.92. The molecule has 0 spiro atoms. The number of carbonyl (C=O) groups excluding carboxylic acids is 1. The van der Waals surface area contributed by atoms with Crippen molar-refractivity contribution in [3.05, 3.63) is 88.3 Å². The van der Waals surface area contributed by atoms with Crippen LogP contribution in [-0.4, -0.2) is 20.4 Å². The molecular weight excluding hydrogens is 384 g/mol. The molecule has 6 heteroatoms. The first kappa shape index (κ1) is 19.2. The van der Waals surface area contributed by atoms with Gasteiger partial charge >= 0.3 is 0 Å². The van der Waals surface area contributed by atoms with Gasteiger partial charge in [-0.2, -0.15) is 0 Å². The molecule has 1 N–H and O–H groups in total. The van der Waals surface area contributed by atoms with Crippen LogP contribution in [0.1, 0.15) is 34.2 Å². The van der Waals surface area contributed by atoms with Gasteiger partial charge < -0.3 is 5.32 Å². The highest BCUT2D eigenvalue weighted by atomic mass is 35.5. The summed E-state index contributed by atoms with van der Waals surface area (Å²) in [6.45, 7) is 4.48. The predicted molar refractivity (Wildman–Crippen MR) is 116 cm³/mol. The quantitative estimate of drug-likeness (QED) is 0.516. The first-order valence-electron chi connectivity index (χ1n) is 9.53. The van der Waals surface area contributed by atoms with Crippen LogP contribution in [0.4, 0.5) is 0 Å². The van der Waals surface area contributed by atoms with Crippen LogP contribution in [0.25, 0.3) is 16.9 Å². The van der Waals surface area contributed by atoms with Crippen molar-refractivity contribution >= 4 is 28.7 Å². The van der Waals surface area contributed by atoms with Gasteiger partial charge in [0.2, 0.25) is 0 Å². The van der Waals surface area contributed by atoms with Crippen molar-refractivity contribution in [3.63, 3.8) is 0 Å². The molecule has 0 atom stereocenters. The van der Waals surface area contributed by atoms with Crippen molar-refractivity contribution in [2.24, 2.45) is 0 Å². The topological polar surface area (TPSA) is 59.8 Å². The van der Waals surface area contributed by atoms with E-state index in [2.05, 4.69) is 34.3 Å². The zero-order valence-electron chi connectivity index (χ0n) is 16.3. The number of halogens is 1. The summed E-state index contributed by atoms with van der Waals surface area (Å²) in [5.41, 5.74) is 5.05. The number of aromatic nitrogens is 3. The summed E-state index contributed by atoms with van der Waals surface area (Å²) in [4.78, 5) is 21.7. The molecule has 0 saturated carbocycles. The van der Waals surface area contributed by atoms with Crippen LogP contribution in [0.15, 0.2) is 60.8 Å². The highest BCUT2D eigenvalue weighted by Gasteiger charge is 2.15. The number of imidazole rings is 1. The lowest BCUT2D eigenvalue weighted by molar-refractivity contribution is 0.0951. The van der Waals surface area contributed by atoms with Crippen molar-refractivity contribution in [3.8, 4) is 5.69 Å². The Morgan fingerprint density at radius 3 is 2.62 bits per heavy atom. The van der Waals surface area contributed by atoms with Gasteiger partial charge in [-0.1, -0.05) is 42.8 Å². The molecular formula is C23H21ClN4O. The van der Waals surface area contributed by atoms with E-state index in [9.17, 15) is 4.79 Å². The lowest BCUT2D eigenvalue weighted by atomic mass is 10.1. The van der Waals surface area contributed by atoms with E-state index in [-0.39, 0.29) is 5.91 Å². The largest absolute Gasteiger partial charge is 0.348 e. The van der Waals surface area contributed by atoms with Gasteiger partial charge in [-0.25, -0.2) is 9.97 Å². The molecule has 5 nitrogen and oxygen atoms in total. The third-order valence-corrected chi connectivity index (χ3v) is 5.24. The van der Waals surface area contributed by atoms with Gasteiger partial charge in [0.15, 0.2) is 5.65 Å². The lowest BCUT2D eigenvalue weighted by Crippen LogP contribution is -2.23. The number of aryl methyl sites for hydroxylation is 2. The molecule has 0 aliphatic rings. The van der Waals surface area contributed by atoms with Gasteiger partial charge in [-0.15, -0.1) is 0 Å². The van der Waals surface area contributed by atoms with E-state index in [1.807, 2.05) is 35.8 Å². The van der Waals surface area contributed by atoms with Gasteiger partial charge in [0.05, 0.1) is 10.7 Å². The number of carbonyl (C=O) groups is 1. The minimum atomic E-state index is -0.155. The Morgan fingerprint density at radius 2 is 1.86 bits per heavy atom. The standard InChI is InChI=1S/C23H21ClN4O/c1-3-16-6-8-17(9-7-16)14-26-23(29)18-10-11-19(24)21(13-18)28-15(2)27-20-5-4-12-25-22(20)28/h4-13H,3,14H2,1-2H3,(H,26,29). The predicted octanol–water partition coefficient (Wildman–Crippen LogP) is 4.87. The summed E-state index contributed by atoms with van der Waals surface area (Å²) in [6.07, 6.45) is 2.71. The van der Waals surface area contributed by atoms with Crippen LogP contribution in [0, 0.1) is 6.92 Å². The van der Waals surface area contributed by atoms with Crippen LogP contribution in [0.5, 0.6) is 0 Å². The van der Waals surface area contributed by atoms with Crippen molar-refractivity contribution in [2.45, 2.75) is 26.8 Å². The molecule has 0 unspecified atom stereocenters. The van der Waals surface area contributed by atoms with E-state index in [0.717, 1.165) is 23.3 Å². The lowest BCUT2D eigenvalue weighted by Gasteiger charge is -2.11.